The molecule has 2 rings (SSSR count). The fraction of sp³-hybridized carbons (Fsp3) is 0.522. The minimum Gasteiger partial charge on any atom is -0.444 e. The third-order valence-electron chi connectivity index (χ3n) is 4.16. The maximum atomic E-state index is 11.8. The minimum absolute atomic E-state index is 0.0703. The Morgan fingerprint density at radius 2 is 1.77 bits per heavy atom. The van der Waals surface area contributed by atoms with Gasteiger partial charge in [0.1, 0.15) is 5.60 Å². The van der Waals surface area contributed by atoms with Gasteiger partial charge in [0, 0.05) is 30.1 Å². The summed E-state index contributed by atoms with van der Waals surface area (Å²) < 4.78 is 5.26. The quantitative estimate of drug-likeness (QED) is 0.443. The Labute approximate surface area is 189 Å². The summed E-state index contributed by atoms with van der Waals surface area (Å²) in [6.07, 6.45) is 0.379. The fourth-order valence-electron chi connectivity index (χ4n) is 2.63. The van der Waals surface area contributed by atoms with E-state index < -0.39 is 11.7 Å². The van der Waals surface area contributed by atoms with Crippen LogP contribution in [-0.2, 0) is 23.1 Å². The number of carbonyl (C=O) groups is 1. The van der Waals surface area contributed by atoms with E-state index in [1.807, 2.05) is 45.0 Å². The summed E-state index contributed by atoms with van der Waals surface area (Å²) in [7, 11) is 1.76. The van der Waals surface area contributed by atoms with Crippen LogP contribution in [-0.4, -0.2) is 36.2 Å². The summed E-state index contributed by atoms with van der Waals surface area (Å²) >= 11 is 1.69. The van der Waals surface area contributed by atoms with Gasteiger partial charge in [0.15, 0.2) is 5.96 Å². The lowest BCUT2D eigenvalue weighted by molar-refractivity contribution is 0.0636. The molecule has 1 aromatic heterocycles. The average molecular weight is 446 g/mol. The third-order valence-corrected chi connectivity index (χ3v) is 5.48. The first-order valence-electron chi connectivity index (χ1n) is 10.4. The molecule has 31 heavy (non-hydrogen) atoms. The highest BCUT2D eigenvalue weighted by molar-refractivity contribution is 7.09. The zero-order valence-electron chi connectivity index (χ0n) is 19.6. The summed E-state index contributed by atoms with van der Waals surface area (Å²) in [5, 5.41) is 12.6. The molecule has 0 aliphatic carbocycles. The predicted octanol–water partition coefficient (Wildman–Crippen LogP) is 4.70. The lowest BCUT2D eigenvalue weighted by atomic mass is 9.98. The molecule has 2 aromatic rings. The largest absolute Gasteiger partial charge is 0.444 e. The van der Waals surface area contributed by atoms with Crippen LogP contribution in [0.2, 0.25) is 0 Å². The second-order valence-corrected chi connectivity index (χ2v) is 10.2. The highest BCUT2D eigenvalue weighted by Crippen LogP contribution is 2.25. The number of thiazole rings is 1. The van der Waals surface area contributed by atoms with Crippen molar-refractivity contribution in [2.75, 3.05) is 18.9 Å². The average Bonchev–Trinajstić information content (AvgIpc) is 3.14. The first-order valence-corrected chi connectivity index (χ1v) is 11.3. The molecule has 0 saturated heterocycles. The molecule has 1 amide bonds. The van der Waals surface area contributed by atoms with E-state index in [1.54, 1.807) is 18.4 Å². The second-order valence-electron chi connectivity index (χ2n) is 9.32. The number of guanidine groups is 1. The van der Waals surface area contributed by atoms with Crippen LogP contribution in [0.15, 0.2) is 34.6 Å². The smallest absolute Gasteiger partial charge is 0.412 e. The molecule has 0 aliphatic rings. The Morgan fingerprint density at radius 1 is 1.10 bits per heavy atom. The van der Waals surface area contributed by atoms with Gasteiger partial charge in [-0.15, -0.1) is 11.3 Å². The minimum atomic E-state index is -0.517. The molecule has 0 fully saturated rings. The summed E-state index contributed by atoms with van der Waals surface area (Å²) in [4.78, 5) is 20.8. The van der Waals surface area contributed by atoms with E-state index in [4.69, 9.17) is 9.72 Å². The molecule has 1 heterocycles. The van der Waals surface area contributed by atoms with Gasteiger partial charge in [-0.1, -0.05) is 32.9 Å². The van der Waals surface area contributed by atoms with Crippen molar-refractivity contribution in [1.82, 2.24) is 15.6 Å². The van der Waals surface area contributed by atoms with Crippen molar-refractivity contribution >= 4 is 29.1 Å². The summed E-state index contributed by atoms with van der Waals surface area (Å²) in [5.41, 5.74) is 2.44. The van der Waals surface area contributed by atoms with Crippen LogP contribution in [0.25, 0.3) is 0 Å². The Balaban J connectivity index is 1.76. The molecule has 170 valence electrons. The number of hydrogen-bond acceptors (Lipinski definition) is 5. The van der Waals surface area contributed by atoms with Crippen LogP contribution in [0.3, 0.4) is 0 Å². The molecule has 1 aromatic carbocycles. The van der Waals surface area contributed by atoms with E-state index in [-0.39, 0.29) is 5.41 Å². The molecule has 8 heteroatoms. The van der Waals surface area contributed by atoms with Gasteiger partial charge in [-0.2, -0.15) is 0 Å². The Hall–Kier alpha value is -2.61. The number of hydrogen-bond donors (Lipinski definition) is 3. The lowest BCUT2D eigenvalue weighted by Gasteiger charge is -2.19. The fourth-order valence-corrected chi connectivity index (χ4v) is 3.54. The van der Waals surface area contributed by atoms with Crippen molar-refractivity contribution in [1.29, 1.82) is 0 Å². The van der Waals surface area contributed by atoms with Crippen molar-refractivity contribution < 1.29 is 9.53 Å². The number of rotatable bonds is 6. The maximum absolute atomic E-state index is 11.8. The Morgan fingerprint density at radius 3 is 2.32 bits per heavy atom. The van der Waals surface area contributed by atoms with E-state index >= 15 is 0 Å². The van der Waals surface area contributed by atoms with Crippen LogP contribution in [0.4, 0.5) is 10.5 Å². The molecule has 0 atom stereocenters. The Kier molecular flexibility index (Phi) is 8.44. The van der Waals surface area contributed by atoms with Crippen molar-refractivity contribution in [2.45, 2.75) is 65.5 Å². The number of ether oxygens (including phenoxy) is 1. The molecule has 0 aliphatic heterocycles. The topological polar surface area (TPSA) is 87.6 Å². The van der Waals surface area contributed by atoms with Gasteiger partial charge in [-0.05, 0) is 44.9 Å². The highest BCUT2D eigenvalue weighted by atomic mass is 32.1. The number of amides is 1. The zero-order chi connectivity index (χ0) is 23.1. The van der Waals surface area contributed by atoms with Gasteiger partial charge in [-0.25, -0.2) is 9.78 Å². The predicted molar refractivity (Wildman–Crippen MR) is 129 cm³/mol. The summed E-state index contributed by atoms with van der Waals surface area (Å²) in [5.74, 6) is 0.744. The Bertz CT molecular complexity index is 877. The first kappa shape index (κ1) is 24.7. The van der Waals surface area contributed by atoms with Crippen LogP contribution in [0, 0.1) is 0 Å². The lowest BCUT2D eigenvalue weighted by Crippen LogP contribution is -2.37. The number of nitrogens with zero attached hydrogens (tertiary/aromatic N) is 2. The van der Waals surface area contributed by atoms with Gasteiger partial charge in [0.25, 0.3) is 0 Å². The van der Waals surface area contributed by atoms with Crippen molar-refractivity contribution in [2.24, 2.45) is 4.99 Å². The standard InChI is InChI=1S/C23H35N5O2S/c1-22(2,3)19-27-18(15-31-19)14-26-20(24-7)25-13-12-16-8-10-17(11-9-16)28-21(29)30-23(4,5)6/h8-11,15H,12-14H2,1-7H3,(H,28,29)(H2,24,25,26). The molecule has 0 spiro atoms. The van der Waals surface area contributed by atoms with E-state index in [0.717, 1.165) is 35.2 Å². The van der Waals surface area contributed by atoms with Crippen LogP contribution in [0.1, 0.15) is 57.8 Å². The molecular weight excluding hydrogens is 410 g/mol. The van der Waals surface area contributed by atoms with Gasteiger partial charge in [-0.3, -0.25) is 10.3 Å². The number of nitrogens with one attached hydrogen (secondary N) is 3. The molecular formula is C23H35N5O2S. The molecule has 0 unspecified atom stereocenters. The molecule has 0 bridgehead atoms. The van der Waals surface area contributed by atoms with Crippen LogP contribution < -0.4 is 16.0 Å². The van der Waals surface area contributed by atoms with E-state index in [9.17, 15) is 4.79 Å². The number of benzene rings is 1. The maximum Gasteiger partial charge on any atom is 0.412 e. The second kappa shape index (κ2) is 10.6. The van der Waals surface area contributed by atoms with E-state index in [0.29, 0.717) is 12.2 Å². The monoisotopic (exact) mass is 445 g/mol. The number of aliphatic imine (C=N–C) groups is 1. The van der Waals surface area contributed by atoms with Gasteiger partial charge in [0.2, 0.25) is 0 Å². The van der Waals surface area contributed by atoms with Crippen molar-refractivity contribution in [3.8, 4) is 0 Å². The number of anilines is 1. The van der Waals surface area contributed by atoms with Gasteiger partial charge < -0.3 is 15.4 Å². The highest BCUT2D eigenvalue weighted by Gasteiger charge is 2.18. The normalized spacial score (nSPS) is 12.4. The SMILES string of the molecule is CN=C(NCCc1ccc(NC(=O)OC(C)(C)C)cc1)NCc1csc(C(C)(C)C)n1. The number of carbonyl (C=O) groups excluding carboxylic acids is 1. The molecule has 0 radical (unpaired) electrons. The van der Waals surface area contributed by atoms with Crippen molar-refractivity contribution in [3.05, 3.63) is 45.9 Å². The summed E-state index contributed by atoms with van der Waals surface area (Å²) in [6, 6.07) is 7.74. The van der Waals surface area contributed by atoms with Crippen LogP contribution in [0.5, 0.6) is 0 Å². The van der Waals surface area contributed by atoms with Gasteiger partial charge in [0.05, 0.1) is 17.2 Å². The van der Waals surface area contributed by atoms with Crippen molar-refractivity contribution in [3.63, 3.8) is 0 Å². The first-order chi connectivity index (χ1) is 14.5. The number of aromatic nitrogens is 1. The molecule has 3 N–H and O–H groups in total. The van der Waals surface area contributed by atoms with E-state index in [1.165, 1.54) is 0 Å². The van der Waals surface area contributed by atoms with Crippen LogP contribution >= 0.6 is 11.3 Å². The van der Waals surface area contributed by atoms with Gasteiger partial charge >= 0.3 is 6.09 Å². The zero-order valence-corrected chi connectivity index (χ0v) is 20.4. The third kappa shape index (κ3) is 8.96. The summed E-state index contributed by atoms with van der Waals surface area (Å²) in [6.45, 7) is 13.4. The van der Waals surface area contributed by atoms with E-state index in [2.05, 4.69) is 47.1 Å². The molecule has 0 saturated carbocycles. The molecule has 7 nitrogen and oxygen atoms in total.